The molecule has 0 aromatic rings. The second kappa shape index (κ2) is 4.90. The summed E-state index contributed by atoms with van der Waals surface area (Å²) in [6.45, 7) is 7.77. The van der Waals surface area contributed by atoms with Gasteiger partial charge >= 0.3 is 12.2 Å². The van der Waals surface area contributed by atoms with Gasteiger partial charge in [0.25, 0.3) is 0 Å². The van der Waals surface area contributed by atoms with E-state index in [4.69, 9.17) is 9.47 Å². The van der Waals surface area contributed by atoms with E-state index in [0.717, 1.165) is 12.8 Å². The van der Waals surface area contributed by atoms with Crippen molar-refractivity contribution in [3.05, 3.63) is 0 Å². The SMILES string of the molecule is CC(C)(C)OC(=O)N1CCCC2(CNC(=O)OC2)C1. The minimum Gasteiger partial charge on any atom is -0.449 e. The molecule has 2 saturated heterocycles. The molecule has 0 aliphatic carbocycles. The fourth-order valence-corrected chi connectivity index (χ4v) is 2.53. The first-order valence-electron chi connectivity index (χ1n) is 6.68. The molecule has 2 aliphatic heterocycles. The van der Waals surface area contributed by atoms with Crippen LogP contribution in [0, 0.1) is 5.41 Å². The highest BCUT2D eigenvalue weighted by Gasteiger charge is 2.42. The number of piperidine rings is 1. The Morgan fingerprint density at radius 2 is 2.21 bits per heavy atom. The zero-order valence-corrected chi connectivity index (χ0v) is 11.8. The smallest absolute Gasteiger partial charge is 0.410 e. The molecule has 1 N–H and O–H groups in total. The van der Waals surface area contributed by atoms with Gasteiger partial charge in [0.1, 0.15) is 12.2 Å². The van der Waals surface area contributed by atoms with Crippen LogP contribution in [-0.2, 0) is 9.47 Å². The lowest BCUT2D eigenvalue weighted by Gasteiger charge is -2.44. The molecule has 1 spiro atoms. The van der Waals surface area contributed by atoms with Gasteiger partial charge in [-0.2, -0.15) is 0 Å². The summed E-state index contributed by atoms with van der Waals surface area (Å²) in [6.07, 6.45) is 1.19. The van der Waals surface area contributed by atoms with Crippen molar-refractivity contribution in [2.75, 3.05) is 26.2 Å². The van der Waals surface area contributed by atoms with Gasteiger partial charge in [0.15, 0.2) is 0 Å². The topological polar surface area (TPSA) is 67.9 Å². The van der Waals surface area contributed by atoms with Crippen molar-refractivity contribution in [1.82, 2.24) is 10.2 Å². The van der Waals surface area contributed by atoms with Crippen molar-refractivity contribution >= 4 is 12.2 Å². The number of nitrogens with one attached hydrogen (secondary N) is 1. The summed E-state index contributed by atoms with van der Waals surface area (Å²) in [7, 11) is 0. The Hall–Kier alpha value is -1.46. The van der Waals surface area contributed by atoms with Crippen LogP contribution in [0.25, 0.3) is 0 Å². The van der Waals surface area contributed by atoms with Gasteiger partial charge < -0.3 is 19.7 Å². The second-order valence-corrected chi connectivity index (χ2v) is 6.44. The van der Waals surface area contributed by atoms with E-state index in [1.54, 1.807) is 4.90 Å². The molecule has 0 saturated carbocycles. The number of carbonyl (C=O) groups excluding carboxylic acids is 2. The number of rotatable bonds is 0. The number of carbonyl (C=O) groups is 2. The molecule has 2 heterocycles. The average molecular weight is 270 g/mol. The van der Waals surface area contributed by atoms with E-state index in [1.165, 1.54) is 0 Å². The van der Waals surface area contributed by atoms with Crippen LogP contribution in [0.3, 0.4) is 0 Å². The quantitative estimate of drug-likeness (QED) is 0.728. The first-order chi connectivity index (χ1) is 8.80. The molecule has 0 bridgehead atoms. The number of ether oxygens (including phenoxy) is 2. The maximum absolute atomic E-state index is 12.1. The van der Waals surface area contributed by atoms with Gasteiger partial charge in [-0.15, -0.1) is 0 Å². The highest BCUT2D eigenvalue weighted by Crippen LogP contribution is 2.32. The number of cyclic esters (lactones) is 1. The number of amides is 2. The first-order valence-corrected chi connectivity index (χ1v) is 6.68. The highest BCUT2D eigenvalue weighted by atomic mass is 16.6. The van der Waals surface area contributed by atoms with E-state index in [9.17, 15) is 9.59 Å². The molecule has 1 unspecified atom stereocenters. The van der Waals surface area contributed by atoms with Crippen LogP contribution in [0.1, 0.15) is 33.6 Å². The van der Waals surface area contributed by atoms with Crippen molar-refractivity contribution < 1.29 is 19.1 Å². The van der Waals surface area contributed by atoms with E-state index in [2.05, 4.69) is 5.32 Å². The minimum atomic E-state index is -0.487. The molecular weight excluding hydrogens is 248 g/mol. The monoisotopic (exact) mass is 270 g/mol. The number of hydrogen-bond donors (Lipinski definition) is 1. The van der Waals surface area contributed by atoms with E-state index in [-0.39, 0.29) is 17.6 Å². The summed E-state index contributed by atoms with van der Waals surface area (Å²) in [6, 6.07) is 0. The molecule has 0 aromatic carbocycles. The van der Waals surface area contributed by atoms with Crippen LogP contribution in [0.15, 0.2) is 0 Å². The second-order valence-electron chi connectivity index (χ2n) is 6.44. The highest BCUT2D eigenvalue weighted by molar-refractivity contribution is 5.69. The van der Waals surface area contributed by atoms with Crippen molar-refractivity contribution in [2.24, 2.45) is 5.41 Å². The summed E-state index contributed by atoms with van der Waals surface area (Å²) in [5.74, 6) is 0. The van der Waals surface area contributed by atoms with Gasteiger partial charge in [0, 0.05) is 25.0 Å². The predicted octanol–water partition coefficient (Wildman–Crippen LogP) is 1.74. The Kier molecular flexibility index (Phi) is 3.60. The van der Waals surface area contributed by atoms with Gasteiger partial charge in [0.05, 0.1) is 0 Å². The van der Waals surface area contributed by atoms with E-state index in [1.807, 2.05) is 20.8 Å². The fourth-order valence-electron chi connectivity index (χ4n) is 2.53. The van der Waals surface area contributed by atoms with Crippen LogP contribution in [0.4, 0.5) is 9.59 Å². The van der Waals surface area contributed by atoms with Crippen molar-refractivity contribution in [3.63, 3.8) is 0 Å². The third-order valence-electron chi connectivity index (χ3n) is 3.43. The standard InChI is InChI=1S/C13H22N2O4/c1-12(2,3)19-11(17)15-6-4-5-13(8-15)7-14-10(16)18-9-13/h4-9H2,1-3H3,(H,14,16). The van der Waals surface area contributed by atoms with Crippen molar-refractivity contribution in [3.8, 4) is 0 Å². The molecule has 6 nitrogen and oxygen atoms in total. The molecule has 2 aliphatic rings. The van der Waals surface area contributed by atoms with Crippen LogP contribution < -0.4 is 5.32 Å². The molecule has 1 atom stereocenters. The molecule has 6 heteroatoms. The lowest BCUT2D eigenvalue weighted by Crippen LogP contribution is -2.57. The summed E-state index contributed by atoms with van der Waals surface area (Å²) >= 11 is 0. The Morgan fingerprint density at radius 1 is 1.47 bits per heavy atom. The third kappa shape index (κ3) is 3.52. The van der Waals surface area contributed by atoms with Crippen LogP contribution >= 0.6 is 0 Å². The summed E-state index contributed by atoms with van der Waals surface area (Å²) in [5.41, 5.74) is -0.651. The molecule has 2 fully saturated rings. The lowest BCUT2D eigenvalue weighted by molar-refractivity contribution is -0.0211. The van der Waals surface area contributed by atoms with Gasteiger partial charge in [0.2, 0.25) is 0 Å². The Labute approximate surface area is 113 Å². The summed E-state index contributed by atoms with van der Waals surface area (Å²) < 4.78 is 10.5. The number of likely N-dealkylation sites (tertiary alicyclic amines) is 1. The lowest BCUT2D eigenvalue weighted by atomic mass is 9.80. The molecule has 108 valence electrons. The largest absolute Gasteiger partial charge is 0.449 e. The molecule has 19 heavy (non-hydrogen) atoms. The Morgan fingerprint density at radius 3 is 2.79 bits per heavy atom. The zero-order chi connectivity index (χ0) is 14.1. The van der Waals surface area contributed by atoms with Gasteiger partial charge in [-0.05, 0) is 33.6 Å². The normalized spacial score (nSPS) is 27.7. The van der Waals surface area contributed by atoms with E-state index >= 15 is 0 Å². The van der Waals surface area contributed by atoms with Crippen LogP contribution in [0.2, 0.25) is 0 Å². The van der Waals surface area contributed by atoms with Crippen LogP contribution in [-0.4, -0.2) is 48.9 Å². The number of alkyl carbamates (subject to hydrolysis) is 1. The molecule has 2 amide bonds. The van der Waals surface area contributed by atoms with Crippen molar-refractivity contribution in [2.45, 2.75) is 39.2 Å². The Bertz CT molecular complexity index is 365. The number of hydrogen-bond acceptors (Lipinski definition) is 4. The molecule has 2 rings (SSSR count). The fraction of sp³-hybridized carbons (Fsp3) is 0.846. The summed E-state index contributed by atoms with van der Waals surface area (Å²) in [4.78, 5) is 24.9. The van der Waals surface area contributed by atoms with E-state index < -0.39 is 5.60 Å². The molecule has 0 radical (unpaired) electrons. The Balaban J connectivity index is 1.97. The predicted molar refractivity (Wildman–Crippen MR) is 68.8 cm³/mol. The number of nitrogens with zero attached hydrogens (tertiary/aromatic N) is 1. The van der Waals surface area contributed by atoms with E-state index in [0.29, 0.717) is 26.2 Å². The first kappa shape index (κ1) is 14.0. The van der Waals surface area contributed by atoms with Crippen molar-refractivity contribution in [1.29, 1.82) is 0 Å². The maximum Gasteiger partial charge on any atom is 0.410 e. The van der Waals surface area contributed by atoms with Gasteiger partial charge in [-0.3, -0.25) is 0 Å². The van der Waals surface area contributed by atoms with Gasteiger partial charge in [-0.1, -0.05) is 0 Å². The maximum atomic E-state index is 12.1. The minimum absolute atomic E-state index is 0.164. The van der Waals surface area contributed by atoms with Crippen LogP contribution in [0.5, 0.6) is 0 Å². The van der Waals surface area contributed by atoms with Gasteiger partial charge in [-0.25, -0.2) is 9.59 Å². The molecular formula is C13H22N2O4. The molecule has 0 aromatic heterocycles. The zero-order valence-electron chi connectivity index (χ0n) is 11.8. The third-order valence-corrected chi connectivity index (χ3v) is 3.43. The summed E-state index contributed by atoms with van der Waals surface area (Å²) in [5, 5.41) is 2.71. The average Bonchev–Trinajstić information content (AvgIpc) is 2.32.